The van der Waals surface area contributed by atoms with Crippen LogP contribution in [0.1, 0.15) is 11.3 Å². The summed E-state index contributed by atoms with van der Waals surface area (Å²) >= 11 is 0. The summed E-state index contributed by atoms with van der Waals surface area (Å²) in [5.41, 5.74) is 2.23. The molecule has 19 heavy (non-hydrogen) atoms. The molecule has 0 atom stereocenters. The van der Waals surface area contributed by atoms with Crippen LogP contribution in [0.25, 0.3) is 0 Å². The molecule has 6 heteroatoms. The number of nitrogens with one attached hydrogen (secondary N) is 1. The van der Waals surface area contributed by atoms with E-state index in [0.29, 0.717) is 12.1 Å². The van der Waals surface area contributed by atoms with E-state index in [1.54, 1.807) is 12.3 Å². The van der Waals surface area contributed by atoms with Gasteiger partial charge in [-0.25, -0.2) is 4.39 Å². The molecule has 3 N–H and O–H groups in total. The van der Waals surface area contributed by atoms with Crippen LogP contribution in [0.3, 0.4) is 0 Å². The Morgan fingerprint density at radius 1 is 1.37 bits per heavy atom. The number of hydrogen-bond donors (Lipinski definition) is 3. The minimum absolute atomic E-state index is 0.0215. The molecule has 0 saturated heterocycles. The summed E-state index contributed by atoms with van der Waals surface area (Å²) in [6.45, 7) is 1.99. The van der Waals surface area contributed by atoms with Crippen LogP contribution in [0.15, 0.2) is 24.4 Å². The second-order valence-electron chi connectivity index (χ2n) is 4.25. The molecule has 1 heterocycles. The maximum absolute atomic E-state index is 12.2. The minimum Gasteiger partial charge on any atom is -0.508 e. The SMILES string of the molecule is Cc1nn(CCF)cc1NCc1ccc(O)cc1O. The lowest BCUT2D eigenvalue weighted by molar-refractivity contribution is 0.426. The number of aryl methyl sites for hydroxylation is 2. The Bertz CT molecular complexity index is 569. The molecular weight excluding hydrogens is 249 g/mol. The van der Waals surface area contributed by atoms with E-state index in [0.717, 1.165) is 11.4 Å². The Hall–Kier alpha value is -2.24. The Labute approximate surface area is 110 Å². The van der Waals surface area contributed by atoms with Crippen molar-refractivity contribution in [2.45, 2.75) is 20.0 Å². The van der Waals surface area contributed by atoms with Crippen molar-refractivity contribution in [3.8, 4) is 11.5 Å². The highest BCUT2D eigenvalue weighted by atomic mass is 19.1. The molecule has 0 saturated carbocycles. The van der Waals surface area contributed by atoms with Crippen molar-refractivity contribution in [1.29, 1.82) is 0 Å². The number of phenolic OH excluding ortho intramolecular Hbond substituents is 2. The van der Waals surface area contributed by atoms with Crippen LogP contribution < -0.4 is 5.32 Å². The Morgan fingerprint density at radius 3 is 2.84 bits per heavy atom. The average molecular weight is 265 g/mol. The molecule has 0 bridgehead atoms. The van der Waals surface area contributed by atoms with Crippen LogP contribution in [0.5, 0.6) is 11.5 Å². The summed E-state index contributed by atoms with van der Waals surface area (Å²) < 4.78 is 13.8. The molecular formula is C13H16FN3O2. The third-order valence-electron chi connectivity index (χ3n) is 2.80. The molecule has 2 aromatic rings. The van der Waals surface area contributed by atoms with Crippen LogP contribution in [0, 0.1) is 6.92 Å². The number of hydrogen-bond acceptors (Lipinski definition) is 4. The highest BCUT2D eigenvalue weighted by molar-refractivity contribution is 5.48. The zero-order chi connectivity index (χ0) is 13.8. The average Bonchev–Trinajstić information content (AvgIpc) is 2.69. The fourth-order valence-corrected chi connectivity index (χ4v) is 1.78. The van der Waals surface area contributed by atoms with E-state index in [1.165, 1.54) is 16.8 Å². The van der Waals surface area contributed by atoms with Crippen molar-refractivity contribution in [2.24, 2.45) is 0 Å². The van der Waals surface area contributed by atoms with E-state index < -0.39 is 6.67 Å². The summed E-state index contributed by atoms with van der Waals surface area (Å²) in [5.74, 6) is 0.0505. The largest absolute Gasteiger partial charge is 0.508 e. The summed E-state index contributed by atoms with van der Waals surface area (Å²) in [6.07, 6.45) is 1.73. The number of nitrogens with zero attached hydrogens (tertiary/aromatic N) is 2. The van der Waals surface area contributed by atoms with Crippen molar-refractivity contribution in [3.63, 3.8) is 0 Å². The molecule has 102 valence electrons. The van der Waals surface area contributed by atoms with Gasteiger partial charge in [-0.1, -0.05) is 0 Å². The van der Waals surface area contributed by atoms with Crippen molar-refractivity contribution < 1.29 is 14.6 Å². The molecule has 0 radical (unpaired) electrons. The fraction of sp³-hybridized carbons (Fsp3) is 0.308. The lowest BCUT2D eigenvalue weighted by Crippen LogP contribution is -2.00. The Balaban J connectivity index is 2.05. The highest BCUT2D eigenvalue weighted by Crippen LogP contribution is 2.23. The molecule has 0 aliphatic carbocycles. The van der Waals surface area contributed by atoms with Gasteiger partial charge in [-0.3, -0.25) is 4.68 Å². The zero-order valence-electron chi connectivity index (χ0n) is 10.6. The van der Waals surface area contributed by atoms with Crippen molar-refractivity contribution in [1.82, 2.24) is 9.78 Å². The van der Waals surface area contributed by atoms with Gasteiger partial charge in [0.15, 0.2) is 0 Å². The third-order valence-corrected chi connectivity index (χ3v) is 2.80. The number of rotatable bonds is 5. The number of alkyl halides is 1. The number of anilines is 1. The van der Waals surface area contributed by atoms with Gasteiger partial charge < -0.3 is 15.5 Å². The van der Waals surface area contributed by atoms with Crippen LogP contribution in [-0.2, 0) is 13.1 Å². The number of aromatic hydroxyl groups is 2. The normalized spacial score (nSPS) is 10.6. The van der Waals surface area contributed by atoms with E-state index in [9.17, 15) is 14.6 Å². The van der Waals surface area contributed by atoms with Crippen molar-refractivity contribution >= 4 is 5.69 Å². The quantitative estimate of drug-likeness (QED) is 0.775. The van der Waals surface area contributed by atoms with E-state index in [4.69, 9.17) is 0 Å². The smallest absolute Gasteiger partial charge is 0.124 e. The molecule has 0 aliphatic rings. The zero-order valence-corrected chi connectivity index (χ0v) is 10.6. The van der Waals surface area contributed by atoms with Gasteiger partial charge in [-0.2, -0.15) is 5.10 Å². The molecule has 0 aliphatic heterocycles. The predicted octanol–water partition coefficient (Wildman–Crippen LogP) is 2.18. The van der Waals surface area contributed by atoms with E-state index in [-0.39, 0.29) is 18.0 Å². The van der Waals surface area contributed by atoms with Gasteiger partial charge in [-0.15, -0.1) is 0 Å². The first kappa shape index (κ1) is 13.2. The maximum Gasteiger partial charge on any atom is 0.124 e. The minimum atomic E-state index is -0.459. The Morgan fingerprint density at radius 2 is 2.16 bits per heavy atom. The molecule has 5 nitrogen and oxygen atoms in total. The van der Waals surface area contributed by atoms with Gasteiger partial charge >= 0.3 is 0 Å². The molecule has 2 rings (SSSR count). The van der Waals surface area contributed by atoms with Gasteiger partial charge in [-0.05, 0) is 19.1 Å². The first-order valence-electron chi connectivity index (χ1n) is 5.95. The number of phenols is 2. The third kappa shape index (κ3) is 3.15. The van der Waals surface area contributed by atoms with Crippen LogP contribution >= 0.6 is 0 Å². The summed E-state index contributed by atoms with van der Waals surface area (Å²) in [4.78, 5) is 0. The first-order chi connectivity index (χ1) is 9.10. The molecule has 0 unspecified atom stereocenters. The first-order valence-corrected chi connectivity index (χ1v) is 5.95. The van der Waals surface area contributed by atoms with E-state index in [2.05, 4.69) is 10.4 Å². The number of benzene rings is 1. The lowest BCUT2D eigenvalue weighted by atomic mass is 10.2. The van der Waals surface area contributed by atoms with E-state index >= 15 is 0 Å². The van der Waals surface area contributed by atoms with Crippen LogP contribution in [0.4, 0.5) is 10.1 Å². The highest BCUT2D eigenvalue weighted by Gasteiger charge is 2.06. The number of aromatic nitrogens is 2. The van der Waals surface area contributed by atoms with Gasteiger partial charge in [0, 0.05) is 24.4 Å². The standard InChI is InChI=1S/C13H16FN3O2/c1-9-12(8-17(16-9)5-4-14)15-7-10-2-3-11(18)6-13(10)19/h2-3,6,8,15,18-19H,4-5,7H2,1H3. The monoisotopic (exact) mass is 265 g/mol. The van der Waals surface area contributed by atoms with Gasteiger partial charge in [0.05, 0.1) is 17.9 Å². The molecule has 1 aromatic heterocycles. The predicted molar refractivity (Wildman–Crippen MR) is 70.0 cm³/mol. The molecule has 0 fully saturated rings. The van der Waals surface area contributed by atoms with Crippen LogP contribution in [0.2, 0.25) is 0 Å². The Kier molecular flexibility index (Phi) is 3.89. The van der Waals surface area contributed by atoms with Crippen molar-refractivity contribution in [2.75, 3.05) is 12.0 Å². The van der Waals surface area contributed by atoms with Gasteiger partial charge in [0.25, 0.3) is 0 Å². The summed E-state index contributed by atoms with van der Waals surface area (Å²) in [6, 6.07) is 4.44. The molecule has 1 aromatic carbocycles. The second-order valence-corrected chi connectivity index (χ2v) is 4.25. The van der Waals surface area contributed by atoms with Crippen LogP contribution in [-0.4, -0.2) is 26.7 Å². The lowest BCUT2D eigenvalue weighted by Gasteiger charge is -2.07. The maximum atomic E-state index is 12.2. The summed E-state index contributed by atoms with van der Waals surface area (Å²) in [5, 5.41) is 26.1. The molecule has 0 amide bonds. The van der Waals surface area contributed by atoms with Gasteiger partial charge in [0.2, 0.25) is 0 Å². The van der Waals surface area contributed by atoms with E-state index in [1.807, 2.05) is 6.92 Å². The second kappa shape index (κ2) is 5.60. The topological polar surface area (TPSA) is 70.3 Å². The molecule has 0 spiro atoms. The number of halogens is 1. The van der Waals surface area contributed by atoms with Gasteiger partial charge in [0.1, 0.15) is 18.2 Å². The van der Waals surface area contributed by atoms with Crippen molar-refractivity contribution in [3.05, 3.63) is 35.7 Å². The summed E-state index contributed by atoms with van der Waals surface area (Å²) in [7, 11) is 0. The fourth-order valence-electron chi connectivity index (χ4n) is 1.78.